The molecule has 2 fully saturated rings. The molecule has 4 rings (SSSR count). The highest BCUT2D eigenvalue weighted by atomic mass is 32.2. The number of rotatable bonds is 6. The molecule has 4 heterocycles. The highest BCUT2D eigenvalue weighted by Gasteiger charge is 2.41. The number of anilines is 1. The number of urea groups is 1. The van der Waals surface area contributed by atoms with Crippen LogP contribution in [0.25, 0.3) is 10.2 Å². The summed E-state index contributed by atoms with van der Waals surface area (Å²) in [4.78, 5) is 23.7. The van der Waals surface area contributed by atoms with E-state index in [2.05, 4.69) is 15.3 Å². The molecule has 1 spiro atoms. The van der Waals surface area contributed by atoms with E-state index in [1.807, 2.05) is 11.8 Å². The van der Waals surface area contributed by atoms with Crippen molar-refractivity contribution in [1.82, 2.24) is 14.9 Å². The summed E-state index contributed by atoms with van der Waals surface area (Å²) in [5.74, 6) is 0.464. The summed E-state index contributed by atoms with van der Waals surface area (Å²) in [7, 11) is -1.52. The number of aromatic nitrogens is 2. The van der Waals surface area contributed by atoms with Gasteiger partial charge in [-0.15, -0.1) is 0 Å². The molecule has 1 N–H and O–H groups in total. The summed E-state index contributed by atoms with van der Waals surface area (Å²) in [6.45, 7) is 4.98. The number of hydrogen-bond donors (Lipinski definition) is 1. The first-order valence-electron chi connectivity index (χ1n) is 10.8. The van der Waals surface area contributed by atoms with Gasteiger partial charge in [0, 0.05) is 38.8 Å². The third-order valence-corrected chi connectivity index (χ3v) is 8.55. The Morgan fingerprint density at radius 1 is 1.38 bits per heavy atom. The fraction of sp³-hybridized carbons (Fsp3) is 0.667. The monoisotopic (exact) mass is 482 g/mol. The van der Waals surface area contributed by atoms with E-state index in [4.69, 9.17) is 9.47 Å². The van der Waals surface area contributed by atoms with Crippen LogP contribution in [-0.4, -0.2) is 74.7 Å². The Kier molecular flexibility index (Phi) is 6.60. The molecule has 9 nitrogen and oxygen atoms in total. The summed E-state index contributed by atoms with van der Waals surface area (Å²) in [5.41, 5.74) is 1.67. The van der Waals surface area contributed by atoms with E-state index < -0.39 is 9.84 Å². The lowest BCUT2D eigenvalue weighted by atomic mass is 9.80. The van der Waals surface area contributed by atoms with Gasteiger partial charge in [0.25, 0.3) is 0 Å². The van der Waals surface area contributed by atoms with Crippen LogP contribution in [0.4, 0.5) is 9.93 Å². The Labute approximate surface area is 192 Å². The number of carbonyl (C=O) groups is 1. The summed E-state index contributed by atoms with van der Waals surface area (Å²) in [6, 6.07) is -0.147. The van der Waals surface area contributed by atoms with Crippen LogP contribution in [0.3, 0.4) is 0 Å². The van der Waals surface area contributed by atoms with Gasteiger partial charge in [0.2, 0.25) is 5.88 Å². The minimum atomic E-state index is -3.05. The first kappa shape index (κ1) is 23.2. The molecule has 2 saturated heterocycles. The van der Waals surface area contributed by atoms with Crippen LogP contribution in [0.15, 0.2) is 6.20 Å². The first-order valence-corrected chi connectivity index (χ1v) is 13.7. The van der Waals surface area contributed by atoms with Gasteiger partial charge < -0.3 is 14.4 Å². The maximum absolute atomic E-state index is 12.9. The molecule has 0 radical (unpaired) electrons. The van der Waals surface area contributed by atoms with Gasteiger partial charge in [-0.25, -0.2) is 23.2 Å². The van der Waals surface area contributed by atoms with Gasteiger partial charge >= 0.3 is 6.03 Å². The highest BCUT2D eigenvalue weighted by molar-refractivity contribution is 7.90. The summed E-state index contributed by atoms with van der Waals surface area (Å²) < 4.78 is 34.9. The number of carbonyl (C=O) groups excluding carboxylic acids is 1. The second kappa shape index (κ2) is 9.11. The van der Waals surface area contributed by atoms with E-state index in [-0.39, 0.29) is 23.1 Å². The Morgan fingerprint density at radius 2 is 2.12 bits per heavy atom. The number of nitrogens with zero attached hydrogens (tertiary/aromatic N) is 3. The molecular formula is C21H30N4O5S2. The van der Waals surface area contributed by atoms with E-state index in [1.54, 1.807) is 6.20 Å². The number of pyridine rings is 1. The van der Waals surface area contributed by atoms with Crippen LogP contribution in [0.2, 0.25) is 0 Å². The van der Waals surface area contributed by atoms with E-state index >= 15 is 0 Å². The molecule has 1 atom stereocenters. The van der Waals surface area contributed by atoms with E-state index in [9.17, 15) is 13.2 Å². The van der Waals surface area contributed by atoms with Gasteiger partial charge in [0.1, 0.15) is 15.4 Å². The molecule has 32 heavy (non-hydrogen) atoms. The second-order valence-corrected chi connectivity index (χ2v) is 12.2. The summed E-state index contributed by atoms with van der Waals surface area (Å²) in [6.07, 6.45) is 6.44. The summed E-state index contributed by atoms with van der Waals surface area (Å²) in [5, 5.41) is 3.44. The average Bonchev–Trinajstić information content (AvgIpc) is 3.36. The SMILES string of the molecule is COc1ncc(C(C)CCS(C)(=O)=O)c2sc(NC(=O)N3CCC4(CCOCC4)C3)nc12. The number of hydrogen-bond acceptors (Lipinski definition) is 8. The van der Waals surface area contributed by atoms with Gasteiger partial charge in [0.15, 0.2) is 5.13 Å². The van der Waals surface area contributed by atoms with E-state index in [0.717, 1.165) is 55.8 Å². The molecular weight excluding hydrogens is 452 g/mol. The van der Waals surface area contributed by atoms with Crippen molar-refractivity contribution in [3.63, 3.8) is 0 Å². The van der Waals surface area contributed by atoms with Crippen molar-refractivity contribution in [3.8, 4) is 5.88 Å². The van der Waals surface area contributed by atoms with Crippen molar-refractivity contribution in [1.29, 1.82) is 0 Å². The van der Waals surface area contributed by atoms with Crippen LogP contribution >= 0.6 is 11.3 Å². The standard InChI is InChI=1S/C21H30N4O5S2/c1-14(4-11-32(3,27)28)15-12-22-18(29-2)16-17(15)31-19(23-16)24-20(26)25-8-5-21(13-25)6-9-30-10-7-21/h12,14H,4-11,13H2,1-3H3,(H,23,24,26). The fourth-order valence-electron chi connectivity index (χ4n) is 4.50. The number of amides is 2. The van der Waals surface area contributed by atoms with Gasteiger partial charge in [-0.05, 0) is 42.6 Å². The lowest BCUT2D eigenvalue weighted by Crippen LogP contribution is -2.37. The van der Waals surface area contributed by atoms with Crippen LogP contribution in [0.1, 0.15) is 44.1 Å². The number of sulfone groups is 1. The number of nitrogens with one attached hydrogen (secondary N) is 1. The third-order valence-electron chi connectivity index (χ3n) is 6.55. The van der Waals surface area contributed by atoms with Gasteiger partial charge in [-0.3, -0.25) is 5.32 Å². The van der Waals surface area contributed by atoms with Crippen LogP contribution in [0.5, 0.6) is 5.88 Å². The fourth-order valence-corrected chi connectivity index (χ4v) is 6.35. The van der Waals surface area contributed by atoms with E-state index in [0.29, 0.717) is 22.9 Å². The van der Waals surface area contributed by atoms with Crippen molar-refractivity contribution in [3.05, 3.63) is 11.8 Å². The van der Waals surface area contributed by atoms with Gasteiger partial charge in [-0.2, -0.15) is 0 Å². The Hall–Kier alpha value is -1.98. The molecule has 2 aliphatic rings. The number of ether oxygens (including phenoxy) is 2. The number of thiazole rings is 1. The van der Waals surface area contributed by atoms with Crippen molar-refractivity contribution >= 4 is 42.6 Å². The zero-order chi connectivity index (χ0) is 22.9. The normalized spacial score (nSPS) is 19.4. The molecule has 0 aliphatic carbocycles. The molecule has 2 aromatic heterocycles. The molecule has 1 unspecified atom stereocenters. The smallest absolute Gasteiger partial charge is 0.323 e. The Morgan fingerprint density at radius 3 is 2.81 bits per heavy atom. The average molecular weight is 483 g/mol. The molecule has 0 bridgehead atoms. The third kappa shape index (κ3) is 4.99. The molecule has 176 valence electrons. The lowest BCUT2D eigenvalue weighted by Gasteiger charge is -2.33. The van der Waals surface area contributed by atoms with Gasteiger partial charge in [0.05, 0.1) is 17.6 Å². The Balaban J connectivity index is 1.52. The largest absolute Gasteiger partial charge is 0.479 e. The minimum Gasteiger partial charge on any atom is -0.479 e. The van der Waals surface area contributed by atoms with Crippen LogP contribution in [-0.2, 0) is 14.6 Å². The zero-order valence-corrected chi connectivity index (χ0v) is 20.4. The molecule has 2 amide bonds. The van der Waals surface area contributed by atoms with Gasteiger partial charge in [-0.1, -0.05) is 18.3 Å². The zero-order valence-electron chi connectivity index (χ0n) is 18.7. The predicted molar refractivity (Wildman–Crippen MR) is 124 cm³/mol. The highest BCUT2D eigenvalue weighted by Crippen LogP contribution is 2.41. The maximum Gasteiger partial charge on any atom is 0.323 e. The van der Waals surface area contributed by atoms with Crippen molar-refractivity contribution in [2.45, 2.75) is 38.5 Å². The molecule has 2 aromatic rings. The molecule has 11 heteroatoms. The molecule has 2 aliphatic heterocycles. The van der Waals surface area contributed by atoms with Crippen molar-refractivity contribution in [2.24, 2.45) is 5.41 Å². The lowest BCUT2D eigenvalue weighted by molar-refractivity contribution is 0.0211. The van der Waals surface area contributed by atoms with Crippen molar-refractivity contribution < 1.29 is 22.7 Å². The van der Waals surface area contributed by atoms with Crippen molar-refractivity contribution in [2.75, 3.05) is 50.7 Å². The predicted octanol–water partition coefficient (Wildman–Crippen LogP) is 3.27. The minimum absolute atomic E-state index is 0.0263. The number of fused-ring (bicyclic) bond motifs is 1. The number of methoxy groups -OCH3 is 1. The first-order chi connectivity index (χ1) is 15.2. The number of likely N-dealkylation sites (tertiary alicyclic amines) is 1. The topological polar surface area (TPSA) is 111 Å². The Bertz CT molecular complexity index is 1100. The summed E-state index contributed by atoms with van der Waals surface area (Å²) >= 11 is 1.37. The van der Waals surface area contributed by atoms with E-state index in [1.165, 1.54) is 24.7 Å². The van der Waals surface area contributed by atoms with Crippen LogP contribution in [0, 0.1) is 5.41 Å². The quantitative estimate of drug-likeness (QED) is 0.673. The maximum atomic E-state index is 12.9. The second-order valence-electron chi connectivity index (χ2n) is 8.95. The van der Waals surface area contributed by atoms with Crippen LogP contribution < -0.4 is 10.1 Å². The molecule has 0 aromatic carbocycles. The molecule has 0 saturated carbocycles.